The van der Waals surface area contributed by atoms with Gasteiger partial charge in [-0.25, -0.2) is 9.78 Å². The third kappa shape index (κ3) is 2.96. The van der Waals surface area contributed by atoms with Gasteiger partial charge in [-0.3, -0.25) is 0 Å². The summed E-state index contributed by atoms with van der Waals surface area (Å²) in [5.41, 5.74) is 0.172. The van der Waals surface area contributed by atoms with Crippen LogP contribution in [0.2, 0.25) is 10.0 Å². The Hall–Kier alpha value is -1.23. The Labute approximate surface area is 118 Å². The van der Waals surface area contributed by atoms with E-state index < -0.39 is 5.97 Å². The number of carboxylic acid groups (broad SMARTS) is 1. The second kappa shape index (κ2) is 5.61. The monoisotopic (exact) mass is 299 g/mol. The lowest BCUT2D eigenvalue weighted by atomic mass is 10.2. The molecule has 6 heteroatoms. The van der Waals surface area contributed by atoms with Gasteiger partial charge in [0, 0.05) is 16.1 Å². The van der Waals surface area contributed by atoms with Crippen molar-refractivity contribution in [3.8, 4) is 0 Å². The first-order valence-electron chi connectivity index (χ1n) is 4.89. The van der Waals surface area contributed by atoms with Crippen molar-refractivity contribution in [1.82, 2.24) is 4.98 Å². The maximum atomic E-state index is 11.1. The fourth-order valence-electron chi connectivity index (χ4n) is 1.31. The average Bonchev–Trinajstić information content (AvgIpc) is 2.32. The SMILES string of the molecule is O=C(O)c1ccc(Cl)cc1Sc1ncccc1Cl. The smallest absolute Gasteiger partial charge is 0.336 e. The van der Waals surface area contributed by atoms with Crippen LogP contribution in [0.5, 0.6) is 0 Å². The molecule has 18 heavy (non-hydrogen) atoms. The van der Waals surface area contributed by atoms with Gasteiger partial charge >= 0.3 is 5.97 Å². The quantitative estimate of drug-likeness (QED) is 0.921. The van der Waals surface area contributed by atoms with E-state index in [-0.39, 0.29) is 5.56 Å². The molecule has 0 aliphatic rings. The van der Waals surface area contributed by atoms with Crippen LogP contribution in [0.3, 0.4) is 0 Å². The first-order chi connectivity index (χ1) is 8.58. The molecule has 0 unspecified atom stereocenters. The van der Waals surface area contributed by atoms with E-state index in [0.29, 0.717) is 20.0 Å². The second-order valence-corrected chi connectivity index (χ2v) is 5.21. The van der Waals surface area contributed by atoms with E-state index >= 15 is 0 Å². The number of aromatic nitrogens is 1. The van der Waals surface area contributed by atoms with Crippen LogP contribution in [-0.4, -0.2) is 16.1 Å². The summed E-state index contributed by atoms with van der Waals surface area (Å²) in [5.74, 6) is -1.01. The predicted molar refractivity (Wildman–Crippen MR) is 71.8 cm³/mol. The molecule has 3 nitrogen and oxygen atoms in total. The standard InChI is InChI=1S/C12H7Cl2NO2S/c13-7-3-4-8(12(16)17)10(6-7)18-11-9(14)2-1-5-15-11/h1-6H,(H,16,17). The van der Waals surface area contributed by atoms with Gasteiger partial charge in [-0.05, 0) is 30.3 Å². The lowest BCUT2D eigenvalue weighted by Crippen LogP contribution is -1.98. The highest BCUT2D eigenvalue weighted by atomic mass is 35.5. The number of carboxylic acids is 1. The van der Waals surface area contributed by atoms with Gasteiger partial charge in [-0.1, -0.05) is 35.0 Å². The molecule has 0 aliphatic carbocycles. The molecular weight excluding hydrogens is 293 g/mol. The fraction of sp³-hybridized carbons (Fsp3) is 0. The van der Waals surface area contributed by atoms with Crippen molar-refractivity contribution >= 4 is 40.9 Å². The Kier molecular flexibility index (Phi) is 4.11. The van der Waals surface area contributed by atoms with Crippen LogP contribution in [-0.2, 0) is 0 Å². The number of benzene rings is 1. The number of nitrogens with zero attached hydrogens (tertiary/aromatic N) is 1. The largest absolute Gasteiger partial charge is 0.478 e. The van der Waals surface area contributed by atoms with Gasteiger partial charge in [-0.2, -0.15) is 0 Å². The zero-order valence-corrected chi connectivity index (χ0v) is 11.3. The van der Waals surface area contributed by atoms with Crippen molar-refractivity contribution in [3.63, 3.8) is 0 Å². The summed E-state index contributed by atoms with van der Waals surface area (Å²) >= 11 is 13.0. The topological polar surface area (TPSA) is 50.2 Å². The summed E-state index contributed by atoms with van der Waals surface area (Å²) in [5, 5.41) is 10.6. The number of carbonyl (C=O) groups is 1. The van der Waals surface area contributed by atoms with Gasteiger partial charge in [0.25, 0.3) is 0 Å². The highest BCUT2D eigenvalue weighted by Crippen LogP contribution is 2.34. The molecule has 0 fully saturated rings. The van der Waals surface area contributed by atoms with Crippen molar-refractivity contribution in [3.05, 3.63) is 52.1 Å². The molecule has 0 atom stereocenters. The van der Waals surface area contributed by atoms with Crippen LogP contribution in [0.1, 0.15) is 10.4 Å². The van der Waals surface area contributed by atoms with Gasteiger partial charge in [0.15, 0.2) is 0 Å². The fourth-order valence-corrected chi connectivity index (χ4v) is 2.72. The lowest BCUT2D eigenvalue weighted by molar-refractivity contribution is 0.0693. The Morgan fingerprint density at radius 1 is 1.28 bits per heavy atom. The highest BCUT2D eigenvalue weighted by Gasteiger charge is 2.13. The second-order valence-electron chi connectivity index (χ2n) is 3.34. The maximum Gasteiger partial charge on any atom is 0.336 e. The van der Waals surface area contributed by atoms with E-state index in [9.17, 15) is 4.79 Å². The number of pyridine rings is 1. The first kappa shape index (κ1) is 13.2. The molecule has 2 rings (SSSR count). The minimum absolute atomic E-state index is 0.172. The number of hydrogen-bond acceptors (Lipinski definition) is 3. The van der Waals surface area contributed by atoms with Crippen molar-refractivity contribution in [2.45, 2.75) is 9.92 Å². The number of aromatic carboxylic acids is 1. The average molecular weight is 300 g/mol. The molecule has 0 amide bonds. The third-order valence-electron chi connectivity index (χ3n) is 2.11. The van der Waals surface area contributed by atoms with Gasteiger partial charge in [0.2, 0.25) is 0 Å². The Balaban J connectivity index is 2.42. The van der Waals surface area contributed by atoms with Gasteiger partial charge in [0.1, 0.15) is 5.03 Å². The Bertz CT molecular complexity index is 604. The molecule has 92 valence electrons. The minimum atomic E-state index is -1.01. The number of halogens is 2. The van der Waals surface area contributed by atoms with E-state index in [1.807, 2.05) is 0 Å². The summed E-state index contributed by atoms with van der Waals surface area (Å²) < 4.78 is 0. The molecule has 1 N–H and O–H groups in total. The molecule has 1 aromatic carbocycles. The molecule has 0 saturated heterocycles. The number of hydrogen-bond donors (Lipinski definition) is 1. The summed E-state index contributed by atoms with van der Waals surface area (Å²) in [4.78, 5) is 15.7. The lowest BCUT2D eigenvalue weighted by Gasteiger charge is -2.06. The molecule has 0 saturated carbocycles. The zero-order chi connectivity index (χ0) is 13.1. The maximum absolute atomic E-state index is 11.1. The van der Waals surface area contributed by atoms with E-state index in [4.69, 9.17) is 28.3 Å². The molecule has 0 radical (unpaired) electrons. The Morgan fingerprint density at radius 2 is 2.06 bits per heavy atom. The van der Waals surface area contributed by atoms with E-state index in [1.165, 1.54) is 23.9 Å². The van der Waals surface area contributed by atoms with Crippen LogP contribution in [0.15, 0.2) is 46.5 Å². The highest BCUT2D eigenvalue weighted by molar-refractivity contribution is 7.99. The van der Waals surface area contributed by atoms with Gasteiger partial charge in [-0.15, -0.1) is 0 Å². The zero-order valence-electron chi connectivity index (χ0n) is 8.93. The molecule has 1 heterocycles. The summed E-state index contributed by atoms with van der Waals surface area (Å²) in [7, 11) is 0. The summed E-state index contributed by atoms with van der Waals surface area (Å²) in [6, 6.07) is 7.99. The van der Waals surface area contributed by atoms with Crippen LogP contribution < -0.4 is 0 Å². The predicted octanol–water partition coefficient (Wildman–Crippen LogP) is 4.24. The van der Waals surface area contributed by atoms with E-state index in [0.717, 1.165) is 0 Å². The van der Waals surface area contributed by atoms with E-state index in [1.54, 1.807) is 24.4 Å². The van der Waals surface area contributed by atoms with Crippen molar-refractivity contribution in [1.29, 1.82) is 0 Å². The molecule has 2 aromatic rings. The van der Waals surface area contributed by atoms with Crippen molar-refractivity contribution < 1.29 is 9.90 Å². The van der Waals surface area contributed by atoms with E-state index in [2.05, 4.69) is 4.98 Å². The molecule has 0 bridgehead atoms. The summed E-state index contributed by atoms with van der Waals surface area (Å²) in [6.45, 7) is 0. The molecule has 1 aromatic heterocycles. The van der Waals surface area contributed by atoms with Gasteiger partial charge < -0.3 is 5.11 Å². The molecule has 0 aliphatic heterocycles. The molecular formula is C12H7Cl2NO2S. The van der Waals surface area contributed by atoms with Gasteiger partial charge in [0.05, 0.1) is 10.6 Å². The molecule has 0 spiro atoms. The normalized spacial score (nSPS) is 10.3. The van der Waals surface area contributed by atoms with Crippen LogP contribution in [0.4, 0.5) is 0 Å². The third-order valence-corrected chi connectivity index (χ3v) is 3.83. The van der Waals surface area contributed by atoms with Crippen molar-refractivity contribution in [2.24, 2.45) is 0 Å². The van der Waals surface area contributed by atoms with Crippen LogP contribution >= 0.6 is 35.0 Å². The minimum Gasteiger partial charge on any atom is -0.478 e. The van der Waals surface area contributed by atoms with Crippen molar-refractivity contribution in [2.75, 3.05) is 0 Å². The van der Waals surface area contributed by atoms with Crippen LogP contribution in [0, 0.1) is 0 Å². The Morgan fingerprint density at radius 3 is 2.72 bits per heavy atom. The summed E-state index contributed by atoms with van der Waals surface area (Å²) in [6.07, 6.45) is 1.60. The number of rotatable bonds is 3. The first-order valence-corrected chi connectivity index (χ1v) is 6.46. The van der Waals surface area contributed by atoms with Crippen LogP contribution in [0.25, 0.3) is 0 Å².